The Bertz CT molecular complexity index is 1650. The van der Waals surface area contributed by atoms with Crippen LogP contribution in [0.1, 0.15) is 29.9 Å². The lowest BCUT2D eigenvalue weighted by atomic mass is 9.59. The number of carbonyl (C=O) groups is 4. The molecule has 4 aliphatic rings. The van der Waals surface area contributed by atoms with Gasteiger partial charge in [0.25, 0.3) is 0 Å². The van der Waals surface area contributed by atoms with Crippen molar-refractivity contribution in [1.29, 1.82) is 0 Å². The van der Waals surface area contributed by atoms with E-state index in [1.165, 1.54) is 37.3 Å². The average molecular weight is 639 g/mol. The monoisotopic (exact) mass is 637 g/mol. The van der Waals surface area contributed by atoms with Gasteiger partial charge in [-0.15, -0.1) is 0 Å². The number of carbonyl (C=O) groups excluding carboxylic acids is 4. The molecule has 2 aromatic rings. The number of hydrogen-bond donors (Lipinski definition) is 1. The van der Waals surface area contributed by atoms with E-state index in [9.17, 15) is 24.3 Å². The molecular weight excluding hydrogens is 614 g/mol. The molecule has 0 bridgehead atoms. The highest BCUT2D eigenvalue weighted by molar-refractivity contribution is 9.12. The van der Waals surface area contributed by atoms with E-state index in [2.05, 4.69) is 15.9 Å². The van der Waals surface area contributed by atoms with Crippen molar-refractivity contribution in [2.75, 3.05) is 19.1 Å². The number of hydrogen-bond acceptors (Lipinski definition) is 7. The van der Waals surface area contributed by atoms with Crippen LogP contribution in [-0.2, 0) is 19.2 Å². The van der Waals surface area contributed by atoms with E-state index >= 15 is 0 Å². The van der Waals surface area contributed by atoms with Gasteiger partial charge in [0.2, 0.25) is 11.8 Å². The van der Waals surface area contributed by atoms with E-state index in [0.29, 0.717) is 16.3 Å². The molecule has 1 N–H and O–H groups in total. The number of ketones is 2. The molecule has 0 saturated carbocycles. The Morgan fingerprint density at radius 2 is 1.68 bits per heavy atom. The Hall–Kier alpha value is -3.69. The predicted molar refractivity (Wildman–Crippen MR) is 154 cm³/mol. The number of phenolic OH excluding ortho intramolecular Hbond substituents is 1. The lowest BCUT2D eigenvalue weighted by molar-refractivity contribution is -0.123. The lowest BCUT2D eigenvalue weighted by Crippen LogP contribution is -2.39. The minimum Gasteiger partial charge on any atom is -0.508 e. The Morgan fingerprint density at radius 3 is 2.32 bits per heavy atom. The molecule has 4 atom stereocenters. The summed E-state index contributed by atoms with van der Waals surface area (Å²) in [5.41, 5.74) is 2.98. The van der Waals surface area contributed by atoms with Crippen LogP contribution >= 0.6 is 27.5 Å². The number of aryl methyl sites for hydroxylation is 1. The van der Waals surface area contributed by atoms with Gasteiger partial charge >= 0.3 is 0 Å². The molecule has 8 nitrogen and oxygen atoms in total. The summed E-state index contributed by atoms with van der Waals surface area (Å²) in [6.07, 6.45) is 3.57. The fourth-order valence-electron chi connectivity index (χ4n) is 6.72. The van der Waals surface area contributed by atoms with Crippen LogP contribution in [0.3, 0.4) is 0 Å². The summed E-state index contributed by atoms with van der Waals surface area (Å²) in [4.78, 5) is 56.0. The first-order chi connectivity index (χ1) is 19.6. The molecule has 210 valence electrons. The van der Waals surface area contributed by atoms with Gasteiger partial charge in [-0.25, -0.2) is 4.90 Å². The first kappa shape index (κ1) is 27.5. The lowest BCUT2D eigenvalue weighted by Gasteiger charge is -2.42. The molecule has 4 unspecified atom stereocenters. The number of ether oxygens (including phenoxy) is 2. The van der Waals surface area contributed by atoms with Gasteiger partial charge < -0.3 is 14.6 Å². The van der Waals surface area contributed by atoms with Crippen molar-refractivity contribution in [3.8, 4) is 17.2 Å². The second-order valence-corrected chi connectivity index (χ2v) is 11.9. The zero-order chi connectivity index (χ0) is 29.3. The highest BCUT2D eigenvalue weighted by Crippen LogP contribution is 2.58. The topological polar surface area (TPSA) is 110 Å². The van der Waals surface area contributed by atoms with Gasteiger partial charge in [-0.2, -0.15) is 0 Å². The third-order valence-corrected chi connectivity index (χ3v) is 9.56. The number of fused-ring (bicyclic) bond motifs is 3. The molecule has 1 heterocycles. The van der Waals surface area contributed by atoms with Gasteiger partial charge in [0.1, 0.15) is 17.2 Å². The van der Waals surface area contributed by atoms with Crippen LogP contribution in [0.25, 0.3) is 0 Å². The summed E-state index contributed by atoms with van der Waals surface area (Å²) < 4.78 is 11.4. The third-order valence-electron chi connectivity index (χ3n) is 8.56. The largest absolute Gasteiger partial charge is 0.508 e. The van der Waals surface area contributed by atoms with Crippen molar-refractivity contribution in [3.63, 3.8) is 0 Å². The SMILES string of the molecule is COc1cc(O)cc(OC)c1C1C2=CCC3C(=O)N(c4ccc(C)c(Cl)c4)C(=O)C3C2CC2=C1C(=O)C=C(Br)C2=O. The van der Waals surface area contributed by atoms with Crippen molar-refractivity contribution in [1.82, 2.24) is 0 Å². The summed E-state index contributed by atoms with van der Waals surface area (Å²) >= 11 is 9.57. The summed E-state index contributed by atoms with van der Waals surface area (Å²) in [5.74, 6) is -3.67. The highest BCUT2D eigenvalue weighted by atomic mass is 79.9. The number of Topliss-reactive ketones (excluding diaryl/α,β-unsaturated/α-hetero) is 1. The predicted octanol–water partition coefficient (Wildman–Crippen LogP) is 5.34. The highest BCUT2D eigenvalue weighted by Gasteiger charge is 2.57. The number of rotatable bonds is 4. The van der Waals surface area contributed by atoms with E-state index in [0.717, 1.165) is 11.1 Å². The van der Waals surface area contributed by atoms with Gasteiger partial charge in [0, 0.05) is 45.9 Å². The Labute approximate surface area is 249 Å². The smallest absolute Gasteiger partial charge is 0.238 e. The Morgan fingerprint density at radius 1 is 1.00 bits per heavy atom. The first-order valence-corrected chi connectivity index (χ1v) is 14.2. The van der Waals surface area contributed by atoms with Gasteiger partial charge in [-0.05, 0) is 59.3 Å². The molecule has 0 spiro atoms. The molecule has 1 fully saturated rings. The van der Waals surface area contributed by atoms with E-state index in [1.807, 2.05) is 13.0 Å². The number of nitrogens with zero attached hydrogens (tertiary/aromatic N) is 1. The minimum absolute atomic E-state index is 0.0978. The van der Waals surface area contributed by atoms with E-state index in [4.69, 9.17) is 21.1 Å². The van der Waals surface area contributed by atoms with Gasteiger partial charge in [0.15, 0.2) is 11.6 Å². The van der Waals surface area contributed by atoms with Crippen molar-refractivity contribution < 1.29 is 33.8 Å². The summed E-state index contributed by atoms with van der Waals surface area (Å²) in [6.45, 7) is 1.84. The molecular formula is C31H25BrClNO7. The molecule has 2 amide bonds. The summed E-state index contributed by atoms with van der Waals surface area (Å²) in [6, 6.07) is 7.91. The normalized spacial score (nSPS) is 25.4. The molecule has 10 heteroatoms. The van der Waals surface area contributed by atoms with Crippen LogP contribution in [0.2, 0.25) is 5.02 Å². The maximum atomic E-state index is 14.1. The second kappa shape index (κ2) is 9.99. The summed E-state index contributed by atoms with van der Waals surface area (Å²) in [7, 11) is 2.87. The van der Waals surface area contributed by atoms with Crippen LogP contribution in [0.5, 0.6) is 17.2 Å². The van der Waals surface area contributed by atoms with E-state index < -0.39 is 23.7 Å². The van der Waals surface area contributed by atoms with Crippen LogP contribution in [-0.4, -0.2) is 42.7 Å². The number of imide groups is 1. The van der Waals surface area contributed by atoms with Gasteiger partial charge in [0.05, 0.1) is 36.2 Å². The molecule has 0 radical (unpaired) electrons. The van der Waals surface area contributed by atoms with E-state index in [1.54, 1.807) is 18.2 Å². The number of methoxy groups -OCH3 is 2. The maximum absolute atomic E-state index is 14.1. The zero-order valence-electron chi connectivity index (χ0n) is 22.4. The summed E-state index contributed by atoms with van der Waals surface area (Å²) in [5, 5.41) is 10.8. The van der Waals surface area contributed by atoms with Gasteiger partial charge in [-0.1, -0.05) is 29.3 Å². The Kier molecular flexibility index (Phi) is 6.70. The van der Waals surface area contributed by atoms with Crippen LogP contribution in [0.15, 0.2) is 63.7 Å². The van der Waals surface area contributed by atoms with Gasteiger partial charge in [-0.3, -0.25) is 19.2 Å². The fourth-order valence-corrected chi connectivity index (χ4v) is 7.34. The Balaban J connectivity index is 1.54. The zero-order valence-corrected chi connectivity index (χ0v) is 24.7. The first-order valence-electron chi connectivity index (χ1n) is 13.0. The number of benzene rings is 2. The second-order valence-electron chi connectivity index (χ2n) is 10.6. The number of amides is 2. The molecule has 41 heavy (non-hydrogen) atoms. The number of aromatic hydroxyl groups is 1. The molecule has 6 rings (SSSR count). The van der Waals surface area contributed by atoms with Crippen LogP contribution < -0.4 is 14.4 Å². The number of anilines is 1. The van der Waals surface area contributed by atoms with Crippen molar-refractivity contribution in [2.24, 2.45) is 17.8 Å². The minimum atomic E-state index is -0.797. The third kappa shape index (κ3) is 4.08. The van der Waals surface area contributed by atoms with E-state index in [-0.39, 0.29) is 69.1 Å². The molecule has 2 aromatic carbocycles. The van der Waals surface area contributed by atoms with Crippen molar-refractivity contribution >= 4 is 56.6 Å². The number of halogens is 2. The maximum Gasteiger partial charge on any atom is 0.238 e. The number of phenols is 1. The average Bonchev–Trinajstić information content (AvgIpc) is 3.21. The molecule has 1 aliphatic heterocycles. The van der Waals surface area contributed by atoms with Crippen molar-refractivity contribution in [2.45, 2.75) is 25.7 Å². The van der Waals surface area contributed by atoms with Crippen LogP contribution in [0.4, 0.5) is 5.69 Å². The number of allylic oxidation sites excluding steroid dienone is 6. The fraction of sp³-hybridized carbons (Fsp3) is 0.290. The molecule has 1 saturated heterocycles. The quantitative estimate of drug-likeness (QED) is 0.274. The van der Waals surface area contributed by atoms with Crippen molar-refractivity contribution in [3.05, 3.63) is 79.8 Å². The van der Waals surface area contributed by atoms with Crippen LogP contribution in [0, 0.1) is 24.7 Å². The molecule has 3 aliphatic carbocycles. The molecule has 0 aromatic heterocycles. The standard InChI is InChI=1S/C31H25BrClNO7/c1-13-4-5-14(8-21(13)33)34-30(38)17-7-6-16-18(25(17)31(34)39)11-19-26(22(36)12-20(32)29(19)37)27(16)28-23(40-2)9-15(35)10-24(28)41-3/h4-6,8-10,12,17-18,25,27,35H,7,11H2,1-3H3.